The highest BCUT2D eigenvalue weighted by Crippen LogP contribution is 2.20. The average molecular weight is 241 g/mol. The van der Waals surface area contributed by atoms with E-state index in [0.29, 0.717) is 0 Å². The van der Waals surface area contributed by atoms with Crippen molar-refractivity contribution in [3.05, 3.63) is 48.5 Å². The van der Waals surface area contributed by atoms with E-state index >= 15 is 0 Å². The molecule has 0 fully saturated rings. The molecule has 18 heavy (non-hydrogen) atoms. The molecule has 0 unspecified atom stereocenters. The minimum Gasteiger partial charge on any atom is -0.388 e. The maximum Gasteiger partial charge on any atom is 0.0385 e. The monoisotopic (exact) mass is 241 g/mol. The molecule has 0 aromatic heterocycles. The van der Waals surface area contributed by atoms with Gasteiger partial charge in [0.1, 0.15) is 0 Å². The van der Waals surface area contributed by atoms with Crippen LogP contribution in [-0.4, -0.2) is 13.6 Å². The molecule has 0 spiro atoms. The maximum absolute atomic E-state index is 3.37. The molecule has 0 saturated heterocycles. The SMILES string of the molecule is CCNc1ccc(Nc2ccc(NC)cc2)cc1. The number of rotatable bonds is 5. The Balaban J connectivity index is 2.03. The molecular formula is C15H19N3. The van der Waals surface area contributed by atoms with Crippen molar-refractivity contribution in [2.24, 2.45) is 0 Å². The first-order valence-electron chi connectivity index (χ1n) is 6.20. The third-order valence-corrected chi connectivity index (χ3v) is 2.73. The summed E-state index contributed by atoms with van der Waals surface area (Å²) in [6, 6.07) is 16.5. The van der Waals surface area contributed by atoms with Gasteiger partial charge in [-0.3, -0.25) is 0 Å². The van der Waals surface area contributed by atoms with Gasteiger partial charge in [0.25, 0.3) is 0 Å². The Hall–Kier alpha value is -2.16. The molecule has 2 aromatic rings. The number of hydrogen-bond acceptors (Lipinski definition) is 3. The van der Waals surface area contributed by atoms with Gasteiger partial charge in [-0.2, -0.15) is 0 Å². The van der Waals surface area contributed by atoms with Gasteiger partial charge in [0, 0.05) is 36.3 Å². The summed E-state index contributed by atoms with van der Waals surface area (Å²) in [5.74, 6) is 0. The van der Waals surface area contributed by atoms with Crippen LogP contribution in [-0.2, 0) is 0 Å². The third-order valence-electron chi connectivity index (χ3n) is 2.73. The molecule has 3 N–H and O–H groups in total. The summed E-state index contributed by atoms with van der Waals surface area (Å²) in [5, 5.41) is 9.75. The standard InChI is InChI=1S/C15H19N3/c1-3-17-13-6-10-15(11-7-13)18-14-8-4-12(16-2)5-9-14/h4-11,16-18H,3H2,1-2H3. The lowest BCUT2D eigenvalue weighted by Gasteiger charge is -2.09. The van der Waals surface area contributed by atoms with Crippen LogP contribution in [0.5, 0.6) is 0 Å². The second-order valence-electron chi connectivity index (χ2n) is 4.06. The molecule has 2 aromatic carbocycles. The summed E-state index contributed by atoms with van der Waals surface area (Å²) in [7, 11) is 1.92. The van der Waals surface area contributed by atoms with Crippen LogP contribution >= 0.6 is 0 Å². The lowest BCUT2D eigenvalue weighted by atomic mass is 10.2. The van der Waals surface area contributed by atoms with E-state index in [2.05, 4.69) is 71.4 Å². The van der Waals surface area contributed by atoms with E-state index in [0.717, 1.165) is 29.3 Å². The first-order chi connectivity index (χ1) is 8.81. The Morgan fingerprint density at radius 1 is 0.722 bits per heavy atom. The van der Waals surface area contributed by atoms with Crippen LogP contribution in [0.4, 0.5) is 22.7 Å². The zero-order valence-electron chi connectivity index (χ0n) is 10.8. The lowest BCUT2D eigenvalue weighted by Crippen LogP contribution is -1.96. The van der Waals surface area contributed by atoms with Gasteiger partial charge in [-0.1, -0.05) is 0 Å². The molecule has 3 nitrogen and oxygen atoms in total. The Morgan fingerprint density at radius 3 is 1.61 bits per heavy atom. The Bertz CT molecular complexity index is 474. The quantitative estimate of drug-likeness (QED) is 0.743. The van der Waals surface area contributed by atoms with Gasteiger partial charge in [-0.15, -0.1) is 0 Å². The van der Waals surface area contributed by atoms with Crippen molar-refractivity contribution in [3.63, 3.8) is 0 Å². The van der Waals surface area contributed by atoms with Crippen molar-refractivity contribution in [2.75, 3.05) is 29.5 Å². The van der Waals surface area contributed by atoms with Crippen molar-refractivity contribution < 1.29 is 0 Å². The molecule has 0 aliphatic heterocycles. The molecule has 0 aliphatic carbocycles. The average Bonchev–Trinajstić information content (AvgIpc) is 2.42. The van der Waals surface area contributed by atoms with Crippen LogP contribution in [0.2, 0.25) is 0 Å². The fourth-order valence-electron chi connectivity index (χ4n) is 1.76. The Kier molecular flexibility index (Phi) is 4.07. The van der Waals surface area contributed by atoms with Gasteiger partial charge < -0.3 is 16.0 Å². The summed E-state index contributed by atoms with van der Waals surface area (Å²) in [5.41, 5.74) is 4.44. The van der Waals surface area contributed by atoms with Crippen molar-refractivity contribution in [1.82, 2.24) is 0 Å². The molecule has 2 rings (SSSR count). The van der Waals surface area contributed by atoms with Gasteiger partial charge in [-0.25, -0.2) is 0 Å². The van der Waals surface area contributed by atoms with Gasteiger partial charge in [0.05, 0.1) is 0 Å². The van der Waals surface area contributed by atoms with Crippen LogP contribution in [0.25, 0.3) is 0 Å². The molecule has 0 atom stereocenters. The topological polar surface area (TPSA) is 36.1 Å². The highest BCUT2D eigenvalue weighted by Gasteiger charge is 1.95. The van der Waals surface area contributed by atoms with E-state index in [1.54, 1.807) is 0 Å². The number of benzene rings is 2. The zero-order valence-corrected chi connectivity index (χ0v) is 10.8. The van der Waals surface area contributed by atoms with Gasteiger partial charge in [0.2, 0.25) is 0 Å². The molecule has 94 valence electrons. The molecule has 0 aliphatic rings. The summed E-state index contributed by atoms with van der Waals surface area (Å²) >= 11 is 0. The third kappa shape index (κ3) is 3.17. The predicted molar refractivity (Wildman–Crippen MR) is 79.9 cm³/mol. The van der Waals surface area contributed by atoms with Gasteiger partial charge in [-0.05, 0) is 55.5 Å². The second kappa shape index (κ2) is 5.96. The first-order valence-corrected chi connectivity index (χ1v) is 6.20. The lowest BCUT2D eigenvalue weighted by molar-refractivity contribution is 1.21. The zero-order chi connectivity index (χ0) is 12.8. The number of anilines is 4. The fourth-order valence-corrected chi connectivity index (χ4v) is 1.76. The van der Waals surface area contributed by atoms with Crippen molar-refractivity contribution in [1.29, 1.82) is 0 Å². The summed E-state index contributed by atoms with van der Waals surface area (Å²) < 4.78 is 0. The fraction of sp³-hybridized carbons (Fsp3) is 0.200. The van der Waals surface area contributed by atoms with E-state index in [1.165, 1.54) is 0 Å². The van der Waals surface area contributed by atoms with Crippen LogP contribution in [0, 0.1) is 0 Å². The molecule has 0 radical (unpaired) electrons. The highest BCUT2D eigenvalue weighted by atomic mass is 14.9. The minimum absolute atomic E-state index is 0.943. The smallest absolute Gasteiger partial charge is 0.0385 e. The molecule has 0 heterocycles. The van der Waals surface area contributed by atoms with Crippen molar-refractivity contribution in [2.45, 2.75) is 6.92 Å². The van der Waals surface area contributed by atoms with Crippen LogP contribution in [0.1, 0.15) is 6.92 Å². The highest BCUT2D eigenvalue weighted by molar-refractivity contribution is 5.64. The van der Waals surface area contributed by atoms with Crippen molar-refractivity contribution in [3.8, 4) is 0 Å². The van der Waals surface area contributed by atoms with E-state index in [4.69, 9.17) is 0 Å². The first kappa shape index (κ1) is 12.3. The maximum atomic E-state index is 3.37. The van der Waals surface area contributed by atoms with Crippen molar-refractivity contribution >= 4 is 22.7 Å². The molecule has 3 heteroatoms. The van der Waals surface area contributed by atoms with Crippen LogP contribution in [0.3, 0.4) is 0 Å². The van der Waals surface area contributed by atoms with E-state index in [9.17, 15) is 0 Å². The van der Waals surface area contributed by atoms with Crippen LogP contribution in [0.15, 0.2) is 48.5 Å². The summed E-state index contributed by atoms with van der Waals surface area (Å²) in [6.45, 7) is 3.04. The molecule has 0 amide bonds. The molecular weight excluding hydrogens is 222 g/mol. The van der Waals surface area contributed by atoms with Gasteiger partial charge in [0.15, 0.2) is 0 Å². The number of nitrogens with one attached hydrogen (secondary N) is 3. The van der Waals surface area contributed by atoms with Gasteiger partial charge >= 0.3 is 0 Å². The number of hydrogen-bond donors (Lipinski definition) is 3. The minimum atomic E-state index is 0.943. The molecule has 0 saturated carbocycles. The second-order valence-corrected chi connectivity index (χ2v) is 4.06. The van der Waals surface area contributed by atoms with E-state index in [-0.39, 0.29) is 0 Å². The Labute approximate surface area is 108 Å². The largest absolute Gasteiger partial charge is 0.388 e. The normalized spacial score (nSPS) is 9.89. The van der Waals surface area contributed by atoms with E-state index < -0.39 is 0 Å². The Morgan fingerprint density at radius 2 is 1.17 bits per heavy atom. The van der Waals surface area contributed by atoms with Crippen LogP contribution < -0.4 is 16.0 Å². The predicted octanol–water partition coefficient (Wildman–Crippen LogP) is 3.90. The van der Waals surface area contributed by atoms with E-state index in [1.807, 2.05) is 7.05 Å². The summed E-state index contributed by atoms with van der Waals surface area (Å²) in [6.07, 6.45) is 0. The summed E-state index contributed by atoms with van der Waals surface area (Å²) in [4.78, 5) is 0. The molecule has 0 bridgehead atoms.